The van der Waals surface area contributed by atoms with Crippen molar-refractivity contribution in [1.29, 1.82) is 0 Å². The highest BCUT2D eigenvalue weighted by molar-refractivity contribution is 4.90. The zero-order valence-corrected chi connectivity index (χ0v) is 10.1. The molecule has 0 spiro atoms. The van der Waals surface area contributed by atoms with Gasteiger partial charge in [-0.3, -0.25) is 0 Å². The van der Waals surface area contributed by atoms with Gasteiger partial charge in [-0.2, -0.15) is 0 Å². The Labute approximate surface area is 96.9 Å². The SMILES string of the molecule is C#CCO[C@@H]1CO[C@H](CO)C1OC(C)(C)C. The predicted molar refractivity (Wildman–Crippen MR) is 60.0 cm³/mol. The Morgan fingerprint density at radius 1 is 1.50 bits per heavy atom. The molecule has 0 aromatic heterocycles. The number of rotatable bonds is 4. The summed E-state index contributed by atoms with van der Waals surface area (Å²) >= 11 is 0. The Hall–Kier alpha value is -0.600. The third-order valence-electron chi connectivity index (χ3n) is 2.26. The minimum atomic E-state index is -0.331. The summed E-state index contributed by atoms with van der Waals surface area (Å²) in [7, 11) is 0. The fourth-order valence-electron chi connectivity index (χ4n) is 1.66. The van der Waals surface area contributed by atoms with Crippen LogP contribution < -0.4 is 0 Å². The summed E-state index contributed by atoms with van der Waals surface area (Å²) in [5, 5.41) is 9.18. The summed E-state index contributed by atoms with van der Waals surface area (Å²) in [6, 6.07) is 0. The second-order valence-electron chi connectivity index (χ2n) is 4.80. The fourth-order valence-corrected chi connectivity index (χ4v) is 1.66. The minimum Gasteiger partial charge on any atom is -0.394 e. The van der Waals surface area contributed by atoms with Crippen LogP contribution in [0.2, 0.25) is 0 Å². The normalized spacial score (nSPS) is 30.3. The number of aliphatic hydroxyl groups excluding tert-OH is 1. The number of hydrogen-bond donors (Lipinski definition) is 1. The lowest BCUT2D eigenvalue weighted by molar-refractivity contribution is -0.127. The van der Waals surface area contributed by atoms with Crippen LogP contribution in [-0.4, -0.2) is 48.8 Å². The monoisotopic (exact) mass is 228 g/mol. The molecular weight excluding hydrogens is 208 g/mol. The lowest BCUT2D eigenvalue weighted by Gasteiger charge is -2.30. The molecule has 1 N–H and O–H groups in total. The first-order valence-corrected chi connectivity index (χ1v) is 5.43. The van der Waals surface area contributed by atoms with Crippen molar-refractivity contribution in [3.05, 3.63) is 0 Å². The topological polar surface area (TPSA) is 47.9 Å². The molecule has 1 heterocycles. The van der Waals surface area contributed by atoms with Crippen molar-refractivity contribution in [2.45, 2.75) is 44.7 Å². The van der Waals surface area contributed by atoms with Crippen molar-refractivity contribution in [3.63, 3.8) is 0 Å². The van der Waals surface area contributed by atoms with Crippen molar-refractivity contribution >= 4 is 0 Å². The Morgan fingerprint density at radius 2 is 2.19 bits per heavy atom. The molecule has 4 nitrogen and oxygen atoms in total. The van der Waals surface area contributed by atoms with Crippen LogP contribution in [0.4, 0.5) is 0 Å². The lowest BCUT2D eigenvalue weighted by atomic mass is 10.1. The van der Waals surface area contributed by atoms with E-state index in [0.717, 1.165) is 0 Å². The molecule has 3 atom stereocenters. The number of ether oxygens (including phenoxy) is 3. The smallest absolute Gasteiger partial charge is 0.115 e. The van der Waals surface area contributed by atoms with Gasteiger partial charge in [-0.05, 0) is 20.8 Å². The summed E-state index contributed by atoms with van der Waals surface area (Å²) in [5.74, 6) is 2.41. The van der Waals surface area contributed by atoms with E-state index in [4.69, 9.17) is 20.6 Å². The molecule has 16 heavy (non-hydrogen) atoms. The van der Waals surface area contributed by atoms with E-state index in [9.17, 15) is 5.11 Å². The van der Waals surface area contributed by atoms with Crippen molar-refractivity contribution < 1.29 is 19.3 Å². The zero-order valence-electron chi connectivity index (χ0n) is 10.1. The zero-order chi connectivity index (χ0) is 12.2. The molecule has 1 fully saturated rings. The van der Waals surface area contributed by atoms with Gasteiger partial charge < -0.3 is 19.3 Å². The van der Waals surface area contributed by atoms with Gasteiger partial charge in [0.15, 0.2) is 0 Å². The van der Waals surface area contributed by atoms with Gasteiger partial charge in [0, 0.05) is 0 Å². The molecule has 1 aliphatic heterocycles. The summed E-state index contributed by atoms with van der Waals surface area (Å²) in [6.07, 6.45) is 4.34. The first-order valence-electron chi connectivity index (χ1n) is 5.43. The van der Waals surface area contributed by atoms with Gasteiger partial charge in [-0.15, -0.1) is 6.42 Å². The first-order chi connectivity index (χ1) is 7.48. The van der Waals surface area contributed by atoms with Crippen LogP contribution in [-0.2, 0) is 14.2 Å². The van der Waals surface area contributed by atoms with Crippen LogP contribution in [0.25, 0.3) is 0 Å². The quantitative estimate of drug-likeness (QED) is 0.715. The molecule has 1 unspecified atom stereocenters. The minimum absolute atomic E-state index is 0.0728. The lowest BCUT2D eigenvalue weighted by Crippen LogP contribution is -2.42. The van der Waals surface area contributed by atoms with Crippen LogP contribution >= 0.6 is 0 Å². The Balaban J connectivity index is 2.60. The molecule has 0 aromatic rings. The maximum Gasteiger partial charge on any atom is 0.115 e. The van der Waals surface area contributed by atoms with Crippen molar-refractivity contribution in [1.82, 2.24) is 0 Å². The molecule has 0 saturated carbocycles. The predicted octanol–water partition coefficient (Wildman–Crippen LogP) is 0.580. The van der Waals surface area contributed by atoms with E-state index in [2.05, 4.69) is 5.92 Å². The molecule has 92 valence electrons. The maximum absolute atomic E-state index is 9.18. The van der Waals surface area contributed by atoms with Gasteiger partial charge in [0.25, 0.3) is 0 Å². The highest BCUT2D eigenvalue weighted by Gasteiger charge is 2.40. The van der Waals surface area contributed by atoms with Gasteiger partial charge >= 0.3 is 0 Å². The third kappa shape index (κ3) is 3.76. The fraction of sp³-hybridized carbons (Fsp3) is 0.833. The number of hydrogen-bond acceptors (Lipinski definition) is 4. The van der Waals surface area contributed by atoms with Gasteiger partial charge in [0.2, 0.25) is 0 Å². The van der Waals surface area contributed by atoms with E-state index in [-0.39, 0.29) is 37.1 Å². The molecule has 1 saturated heterocycles. The number of terminal acetylenes is 1. The van der Waals surface area contributed by atoms with Gasteiger partial charge in [-0.1, -0.05) is 5.92 Å². The first kappa shape index (κ1) is 13.5. The average Bonchev–Trinajstić information content (AvgIpc) is 2.55. The molecule has 0 amide bonds. The van der Waals surface area contributed by atoms with Gasteiger partial charge in [0.1, 0.15) is 24.9 Å². The summed E-state index contributed by atoms with van der Waals surface area (Å²) in [6.45, 7) is 6.44. The Kier molecular flexibility index (Phi) is 4.75. The van der Waals surface area contributed by atoms with Crippen LogP contribution in [0, 0.1) is 12.3 Å². The highest BCUT2D eigenvalue weighted by atomic mass is 16.6. The van der Waals surface area contributed by atoms with E-state index in [1.54, 1.807) is 0 Å². The maximum atomic E-state index is 9.18. The van der Waals surface area contributed by atoms with Gasteiger partial charge in [0.05, 0.1) is 18.8 Å². The van der Waals surface area contributed by atoms with E-state index in [1.807, 2.05) is 20.8 Å². The second kappa shape index (κ2) is 5.65. The second-order valence-corrected chi connectivity index (χ2v) is 4.80. The Morgan fingerprint density at radius 3 is 2.69 bits per heavy atom. The molecule has 0 aromatic carbocycles. The molecule has 1 aliphatic rings. The third-order valence-corrected chi connectivity index (χ3v) is 2.26. The molecule has 1 rings (SSSR count). The largest absolute Gasteiger partial charge is 0.394 e. The van der Waals surface area contributed by atoms with E-state index in [0.29, 0.717) is 6.61 Å². The molecule has 0 aliphatic carbocycles. The van der Waals surface area contributed by atoms with Gasteiger partial charge in [-0.25, -0.2) is 0 Å². The van der Waals surface area contributed by atoms with Crippen molar-refractivity contribution in [3.8, 4) is 12.3 Å². The van der Waals surface area contributed by atoms with E-state index >= 15 is 0 Å². The summed E-state index contributed by atoms with van der Waals surface area (Å²) in [4.78, 5) is 0. The molecular formula is C12H20O4. The van der Waals surface area contributed by atoms with Crippen LogP contribution in [0.5, 0.6) is 0 Å². The molecule has 0 radical (unpaired) electrons. The molecule has 0 bridgehead atoms. The average molecular weight is 228 g/mol. The standard InChI is InChI=1S/C12H20O4/c1-5-6-14-10-8-15-9(7-13)11(10)16-12(2,3)4/h1,9-11,13H,6-8H2,2-4H3/t9-,10-,11?/m1/s1. The van der Waals surface area contributed by atoms with E-state index in [1.165, 1.54) is 0 Å². The van der Waals surface area contributed by atoms with Crippen molar-refractivity contribution in [2.24, 2.45) is 0 Å². The van der Waals surface area contributed by atoms with Crippen LogP contribution in [0.15, 0.2) is 0 Å². The van der Waals surface area contributed by atoms with Crippen LogP contribution in [0.1, 0.15) is 20.8 Å². The molecule has 4 heteroatoms. The highest BCUT2D eigenvalue weighted by Crippen LogP contribution is 2.25. The Bertz CT molecular complexity index is 251. The van der Waals surface area contributed by atoms with Crippen molar-refractivity contribution in [2.75, 3.05) is 19.8 Å². The van der Waals surface area contributed by atoms with E-state index < -0.39 is 0 Å². The summed E-state index contributed by atoms with van der Waals surface area (Å²) < 4.78 is 16.7. The van der Waals surface area contributed by atoms with Crippen LogP contribution in [0.3, 0.4) is 0 Å². The summed E-state index contributed by atoms with van der Waals surface area (Å²) in [5.41, 5.74) is -0.302. The number of aliphatic hydroxyl groups is 1.